The van der Waals surface area contributed by atoms with E-state index in [2.05, 4.69) is 10.9 Å². The molecule has 6 nitrogen and oxygen atoms in total. The SMILES string of the molecule is C#Cc1ccc(-c2nc(CCOc3ccc(OC(C)(C)C(=O)OCC)cc3)c(C)o2)cc1. The van der Waals surface area contributed by atoms with Crippen LogP contribution in [0.15, 0.2) is 52.9 Å². The first kappa shape index (κ1) is 23.0. The molecule has 3 rings (SSSR count). The molecule has 0 amide bonds. The average Bonchev–Trinajstić information content (AvgIpc) is 3.15. The lowest BCUT2D eigenvalue weighted by Crippen LogP contribution is -2.39. The Kier molecular flexibility index (Phi) is 7.21. The maximum absolute atomic E-state index is 12.0. The number of hydrogen-bond acceptors (Lipinski definition) is 6. The van der Waals surface area contributed by atoms with Crippen molar-refractivity contribution >= 4 is 5.97 Å². The van der Waals surface area contributed by atoms with Gasteiger partial charge in [0.2, 0.25) is 5.89 Å². The molecule has 6 heteroatoms. The molecule has 0 spiro atoms. The van der Waals surface area contributed by atoms with Crippen molar-refractivity contribution in [3.8, 4) is 35.3 Å². The minimum Gasteiger partial charge on any atom is -0.493 e. The van der Waals surface area contributed by atoms with Gasteiger partial charge in [0.1, 0.15) is 17.3 Å². The summed E-state index contributed by atoms with van der Waals surface area (Å²) in [5.41, 5.74) is 1.46. The van der Waals surface area contributed by atoms with E-state index in [-0.39, 0.29) is 0 Å². The predicted molar refractivity (Wildman–Crippen MR) is 122 cm³/mol. The van der Waals surface area contributed by atoms with Crippen LogP contribution in [0, 0.1) is 19.3 Å². The van der Waals surface area contributed by atoms with E-state index in [1.807, 2.05) is 31.2 Å². The van der Waals surface area contributed by atoms with E-state index in [0.717, 1.165) is 22.6 Å². The number of esters is 1. The van der Waals surface area contributed by atoms with Crippen molar-refractivity contribution in [2.24, 2.45) is 0 Å². The molecule has 0 aliphatic rings. The Morgan fingerprint density at radius 3 is 2.38 bits per heavy atom. The lowest BCUT2D eigenvalue weighted by Gasteiger charge is -2.24. The fourth-order valence-corrected chi connectivity index (χ4v) is 3.00. The lowest BCUT2D eigenvalue weighted by atomic mass is 10.1. The highest BCUT2D eigenvalue weighted by Gasteiger charge is 2.31. The molecule has 0 saturated heterocycles. The van der Waals surface area contributed by atoms with E-state index in [1.54, 1.807) is 45.0 Å². The highest BCUT2D eigenvalue weighted by molar-refractivity contribution is 5.79. The number of aromatic nitrogens is 1. The van der Waals surface area contributed by atoms with Gasteiger partial charge < -0.3 is 18.6 Å². The quantitative estimate of drug-likeness (QED) is 0.350. The maximum Gasteiger partial charge on any atom is 0.349 e. The molecule has 166 valence electrons. The molecule has 0 bridgehead atoms. The fraction of sp³-hybridized carbons (Fsp3) is 0.308. The molecule has 0 fully saturated rings. The number of oxazole rings is 1. The summed E-state index contributed by atoms with van der Waals surface area (Å²) in [5, 5.41) is 0. The number of aryl methyl sites for hydroxylation is 1. The van der Waals surface area contributed by atoms with Crippen molar-refractivity contribution in [2.75, 3.05) is 13.2 Å². The third-order valence-electron chi connectivity index (χ3n) is 4.76. The summed E-state index contributed by atoms with van der Waals surface area (Å²) >= 11 is 0. The Labute approximate surface area is 188 Å². The zero-order chi connectivity index (χ0) is 23.1. The summed E-state index contributed by atoms with van der Waals surface area (Å²) in [5.74, 6) is 4.76. The first-order valence-electron chi connectivity index (χ1n) is 10.4. The smallest absolute Gasteiger partial charge is 0.349 e. The molecule has 0 aliphatic carbocycles. The standard InChI is InChI=1S/C26H27NO5/c1-6-19-8-10-20(11-9-19)24-27-23(18(3)31-24)16-17-30-21-12-14-22(15-13-21)32-26(4,5)25(28)29-7-2/h1,8-15H,7,16-17H2,2-5H3. The number of ether oxygens (including phenoxy) is 3. The summed E-state index contributed by atoms with van der Waals surface area (Å²) in [4.78, 5) is 16.6. The minimum absolute atomic E-state index is 0.308. The van der Waals surface area contributed by atoms with Crippen LogP contribution >= 0.6 is 0 Å². The Hall–Kier alpha value is -3.72. The van der Waals surface area contributed by atoms with Crippen molar-refractivity contribution < 1.29 is 23.4 Å². The van der Waals surface area contributed by atoms with E-state index in [4.69, 9.17) is 25.1 Å². The number of carbonyl (C=O) groups excluding carboxylic acids is 1. The second kappa shape index (κ2) is 10.1. The molecule has 0 atom stereocenters. The van der Waals surface area contributed by atoms with E-state index in [9.17, 15) is 4.79 Å². The second-order valence-electron chi connectivity index (χ2n) is 7.65. The van der Waals surface area contributed by atoms with Gasteiger partial charge in [-0.1, -0.05) is 5.92 Å². The van der Waals surface area contributed by atoms with Gasteiger partial charge in [-0.15, -0.1) is 6.42 Å². The van der Waals surface area contributed by atoms with Gasteiger partial charge in [-0.3, -0.25) is 0 Å². The van der Waals surface area contributed by atoms with E-state index in [0.29, 0.717) is 37.0 Å². The molecule has 3 aromatic rings. The van der Waals surface area contributed by atoms with Crippen LogP contribution in [0.25, 0.3) is 11.5 Å². The van der Waals surface area contributed by atoms with Crippen LogP contribution in [-0.2, 0) is 16.0 Å². The van der Waals surface area contributed by atoms with Crippen LogP contribution in [0.4, 0.5) is 0 Å². The summed E-state index contributed by atoms with van der Waals surface area (Å²) in [6, 6.07) is 14.6. The number of nitrogens with zero attached hydrogens (tertiary/aromatic N) is 1. The largest absolute Gasteiger partial charge is 0.493 e. The topological polar surface area (TPSA) is 70.8 Å². The van der Waals surface area contributed by atoms with Crippen molar-refractivity contribution in [1.29, 1.82) is 0 Å². The van der Waals surface area contributed by atoms with E-state index in [1.165, 1.54) is 0 Å². The molecule has 0 radical (unpaired) electrons. The van der Waals surface area contributed by atoms with Crippen LogP contribution < -0.4 is 9.47 Å². The van der Waals surface area contributed by atoms with Crippen LogP contribution in [-0.4, -0.2) is 29.8 Å². The number of hydrogen-bond donors (Lipinski definition) is 0. The van der Waals surface area contributed by atoms with Gasteiger partial charge in [-0.2, -0.15) is 0 Å². The molecule has 0 unspecified atom stereocenters. The van der Waals surface area contributed by atoms with Gasteiger partial charge in [-0.05, 0) is 76.2 Å². The summed E-state index contributed by atoms with van der Waals surface area (Å²) in [6.45, 7) is 7.75. The number of carbonyl (C=O) groups is 1. The van der Waals surface area contributed by atoms with Crippen LogP contribution in [0.1, 0.15) is 37.8 Å². The molecule has 32 heavy (non-hydrogen) atoms. The van der Waals surface area contributed by atoms with Gasteiger partial charge in [0.15, 0.2) is 5.60 Å². The van der Waals surface area contributed by atoms with Crippen LogP contribution in [0.2, 0.25) is 0 Å². The Bertz CT molecular complexity index is 1090. The zero-order valence-electron chi connectivity index (χ0n) is 18.8. The normalized spacial score (nSPS) is 11.0. The van der Waals surface area contributed by atoms with Crippen molar-refractivity contribution in [1.82, 2.24) is 4.98 Å². The maximum atomic E-state index is 12.0. The van der Waals surface area contributed by atoms with Gasteiger partial charge in [-0.25, -0.2) is 9.78 Å². The molecule has 1 aromatic heterocycles. The number of benzene rings is 2. The number of terminal acetylenes is 1. The minimum atomic E-state index is -1.07. The fourth-order valence-electron chi connectivity index (χ4n) is 3.00. The van der Waals surface area contributed by atoms with Crippen molar-refractivity contribution in [2.45, 2.75) is 39.7 Å². The van der Waals surface area contributed by atoms with Gasteiger partial charge in [0.05, 0.1) is 18.9 Å². The zero-order valence-corrected chi connectivity index (χ0v) is 18.8. The number of rotatable bonds is 9. The molecule has 1 heterocycles. The molecule has 0 N–H and O–H groups in total. The highest BCUT2D eigenvalue weighted by Crippen LogP contribution is 2.24. The average molecular weight is 434 g/mol. The first-order chi connectivity index (χ1) is 15.3. The van der Waals surface area contributed by atoms with Gasteiger partial charge in [0, 0.05) is 17.5 Å². The van der Waals surface area contributed by atoms with Gasteiger partial charge >= 0.3 is 5.97 Å². The molecule has 2 aromatic carbocycles. The monoisotopic (exact) mass is 433 g/mol. The Morgan fingerprint density at radius 1 is 1.09 bits per heavy atom. The van der Waals surface area contributed by atoms with Crippen LogP contribution in [0.3, 0.4) is 0 Å². The predicted octanol–water partition coefficient (Wildman–Crippen LogP) is 4.97. The third-order valence-corrected chi connectivity index (χ3v) is 4.76. The Balaban J connectivity index is 1.55. The lowest BCUT2D eigenvalue weighted by molar-refractivity contribution is -0.158. The second-order valence-corrected chi connectivity index (χ2v) is 7.65. The van der Waals surface area contributed by atoms with Gasteiger partial charge in [0.25, 0.3) is 0 Å². The van der Waals surface area contributed by atoms with E-state index >= 15 is 0 Å². The summed E-state index contributed by atoms with van der Waals surface area (Å²) in [6.07, 6.45) is 6.00. The molecular formula is C26H27NO5. The molecule has 0 saturated carbocycles. The van der Waals surface area contributed by atoms with Crippen LogP contribution in [0.5, 0.6) is 11.5 Å². The summed E-state index contributed by atoms with van der Waals surface area (Å²) < 4.78 is 22.4. The van der Waals surface area contributed by atoms with E-state index < -0.39 is 11.6 Å². The molecular weight excluding hydrogens is 406 g/mol. The van der Waals surface area contributed by atoms with Crippen molar-refractivity contribution in [3.05, 3.63) is 65.5 Å². The molecule has 0 aliphatic heterocycles. The Morgan fingerprint density at radius 2 is 1.75 bits per heavy atom. The summed E-state index contributed by atoms with van der Waals surface area (Å²) in [7, 11) is 0. The highest BCUT2D eigenvalue weighted by atomic mass is 16.6. The first-order valence-corrected chi connectivity index (χ1v) is 10.4. The third kappa shape index (κ3) is 5.70. The van der Waals surface area contributed by atoms with Crippen molar-refractivity contribution in [3.63, 3.8) is 0 Å².